The summed E-state index contributed by atoms with van der Waals surface area (Å²) in [6, 6.07) is 8.20. The predicted octanol–water partition coefficient (Wildman–Crippen LogP) is 3.22. The van der Waals surface area contributed by atoms with E-state index in [1.807, 2.05) is 19.1 Å². The highest BCUT2D eigenvalue weighted by atomic mass is 16.4. The van der Waals surface area contributed by atoms with Gasteiger partial charge in [-0.1, -0.05) is 38.1 Å². The van der Waals surface area contributed by atoms with E-state index in [9.17, 15) is 4.79 Å². The number of carboxylic acid groups (broad SMARTS) is 1. The molecule has 0 radical (unpaired) electrons. The number of hydrogen-bond donors (Lipinski definition) is 2. The minimum atomic E-state index is -0.843. The number of rotatable bonds is 5. The topological polar surface area (TPSA) is 66.0 Å². The molecule has 2 rings (SSSR count). The molecule has 0 aliphatic rings. The van der Waals surface area contributed by atoms with E-state index in [-0.39, 0.29) is 0 Å². The van der Waals surface area contributed by atoms with E-state index < -0.39 is 11.9 Å². The maximum atomic E-state index is 11.1. The predicted molar refractivity (Wildman–Crippen MR) is 74.1 cm³/mol. The first-order chi connectivity index (χ1) is 9.15. The van der Waals surface area contributed by atoms with Gasteiger partial charge in [0.25, 0.3) is 0 Å². The standard InChI is InChI=1S/C15H18N2O2/c1-3-10-5-7-11(8-6-10)13-9-16-14(17-13)12(4-2)15(18)19/h5-9,12H,3-4H2,1-2H3,(H,16,17)(H,18,19). The number of nitrogens with one attached hydrogen (secondary N) is 1. The van der Waals surface area contributed by atoms with Gasteiger partial charge < -0.3 is 10.1 Å². The van der Waals surface area contributed by atoms with E-state index in [0.29, 0.717) is 12.2 Å². The third-order valence-electron chi connectivity index (χ3n) is 3.31. The van der Waals surface area contributed by atoms with Crippen LogP contribution in [0.15, 0.2) is 30.5 Å². The van der Waals surface area contributed by atoms with Gasteiger partial charge in [0.15, 0.2) is 0 Å². The van der Waals surface area contributed by atoms with Crippen LogP contribution in [0, 0.1) is 0 Å². The van der Waals surface area contributed by atoms with Crippen molar-refractivity contribution in [3.8, 4) is 11.3 Å². The lowest BCUT2D eigenvalue weighted by atomic mass is 10.1. The molecule has 2 aromatic rings. The Kier molecular flexibility index (Phi) is 4.00. The molecule has 2 N–H and O–H groups in total. The Bertz CT molecular complexity index is 558. The summed E-state index contributed by atoms with van der Waals surface area (Å²) in [5.41, 5.74) is 3.16. The molecule has 1 heterocycles. The number of aromatic nitrogens is 2. The van der Waals surface area contributed by atoms with E-state index in [1.54, 1.807) is 6.20 Å². The molecule has 0 aliphatic heterocycles. The second kappa shape index (κ2) is 5.69. The van der Waals surface area contributed by atoms with Crippen molar-refractivity contribution in [2.45, 2.75) is 32.6 Å². The maximum Gasteiger partial charge on any atom is 0.314 e. The van der Waals surface area contributed by atoms with Crippen LogP contribution in [0.5, 0.6) is 0 Å². The fourth-order valence-corrected chi connectivity index (χ4v) is 2.07. The van der Waals surface area contributed by atoms with Crippen molar-refractivity contribution in [1.82, 2.24) is 9.97 Å². The summed E-state index contributed by atoms with van der Waals surface area (Å²) in [7, 11) is 0. The lowest BCUT2D eigenvalue weighted by Crippen LogP contribution is -2.11. The summed E-state index contributed by atoms with van der Waals surface area (Å²) < 4.78 is 0. The van der Waals surface area contributed by atoms with E-state index in [1.165, 1.54) is 5.56 Å². The fraction of sp³-hybridized carbons (Fsp3) is 0.333. The SMILES string of the molecule is CCc1ccc(-c2cnc(C(CC)C(=O)O)[nH]2)cc1. The fourth-order valence-electron chi connectivity index (χ4n) is 2.07. The Balaban J connectivity index is 2.26. The third kappa shape index (κ3) is 2.84. The highest BCUT2D eigenvalue weighted by Gasteiger charge is 2.20. The molecular weight excluding hydrogens is 240 g/mol. The lowest BCUT2D eigenvalue weighted by molar-refractivity contribution is -0.139. The Labute approximate surface area is 112 Å². The van der Waals surface area contributed by atoms with Crippen molar-refractivity contribution < 1.29 is 9.90 Å². The van der Waals surface area contributed by atoms with Crippen LogP contribution in [-0.2, 0) is 11.2 Å². The Morgan fingerprint density at radius 2 is 2.00 bits per heavy atom. The number of hydrogen-bond acceptors (Lipinski definition) is 2. The highest BCUT2D eigenvalue weighted by molar-refractivity contribution is 5.75. The van der Waals surface area contributed by atoms with Gasteiger partial charge in [-0.2, -0.15) is 0 Å². The van der Waals surface area contributed by atoms with Crippen LogP contribution < -0.4 is 0 Å². The van der Waals surface area contributed by atoms with Gasteiger partial charge in [0, 0.05) is 0 Å². The van der Waals surface area contributed by atoms with E-state index in [0.717, 1.165) is 17.7 Å². The molecule has 0 saturated carbocycles. The second-order valence-corrected chi connectivity index (χ2v) is 4.53. The Morgan fingerprint density at radius 1 is 1.32 bits per heavy atom. The molecule has 0 saturated heterocycles. The molecule has 100 valence electrons. The summed E-state index contributed by atoms with van der Waals surface area (Å²) >= 11 is 0. The molecule has 4 nitrogen and oxygen atoms in total. The van der Waals surface area contributed by atoms with Gasteiger partial charge in [0.1, 0.15) is 11.7 Å². The largest absolute Gasteiger partial charge is 0.481 e. The van der Waals surface area contributed by atoms with Crippen LogP contribution in [0.3, 0.4) is 0 Å². The zero-order valence-corrected chi connectivity index (χ0v) is 11.2. The third-order valence-corrected chi connectivity index (χ3v) is 3.31. The van der Waals surface area contributed by atoms with Crippen LogP contribution in [0.25, 0.3) is 11.3 Å². The number of aromatic amines is 1. The first-order valence-electron chi connectivity index (χ1n) is 6.52. The molecule has 0 aliphatic carbocycles. The molecule has 0 bridgehead atoms. The van der Waals surface area contributed by atoms with Crippen LogP contribution in [0.4, 0.5) is 0 Å². The summed E-state index contributed by atoms with van der Waals surface area (Å²) in [5.74, 6) is -0.891. The van der Waals surface area contributed by atoms with E-state index in [4.69, 9.17) is 5.11 Å². The van der Waals surface area contributed by atoms with Crippen molar-refractivity contribution in [3.63, 3.8) is 0 Å². The summed E-state index contributed by atoms with van der Waals surface area (Å²) in [6.07, 6.45) is 3.23. The average molecular weight is 258 g/mol. The van der Waals surface area contributed by atoms with Crippen LogP contribution in [0.1, 0.15) is 37.6 Å². The molecule has 0 spiro atoms. The molecule has 0 amide bonds. The molecule has 4 heteroatoms. The van der Waals surface area contributed by atoms with Crippen LogP contribution in [0.2, 0.25) is 0 Å². The number of carbonyl (C=O) groups is 1. The molecular formula is C15H18N2O2. The first kappa shape index (κ1) is 13.3. The number of carboxylic acids is 1. The van der Waals surface area contributed by atoms with E-state index in [2.05, 4.69) is 29.0 Å². The molecule has 1 aromatic carbocycles. The number of aryl methyl sites for hydroxylation is 1. The molecule has 19 heavy (non-hydrogen) atoms. The van der Waals surface area contributed by atoms with Crippen LogP contribution >= 0.6 is 0 Å². The minimum absolute atomic E-state index is 0.518. The number of H-pyrrole nitrogens is 1. The summed E-state index contributed by atoms with van der Waals surface area (Å²) in [5, 5.41) is 9.11. The van der Waals surface area contributed by atoms with Gasteiger partial charge >= 0.3 is 5.97 Å². The van der Waals surface area contributed by atoms with Crippen molar-refractivity contribution >= 4 is 5.97 Å². The molecule has 1 unspecified atom stereocenters. The number of aliphatic carboxylic acids is 1. The number of benzene rings is 1. The van der Waals surface area contributed by atoms with Crippen molar-refractivity contribution in [2.24, 2.45) is 0 Å². The van der Waals surface area contributed by atoms with Crippen LogP contribution in [-0.4, -0.2) is 21.0 Å². The molecule has 1 aromatic heterocycles. The van der Waals surface area contributed by atoms with Crippen molar-refractivity contribution in [1.29, 1.82) is 0 Å². The first-order valence-corrected chi connectivity index (χ1v) is 6.52. The van der Waals surface area contributed by atoms with Gasteiger partial charge in [0.05, 0.1) is 11.9 Å². The monoisotopic (exact) mass is 258 g/mol. The lowest BCUT2D eigenvalue weighted by Gasteiger charge is -2.05. The second-order valence-electron chi connectivity index (χ2n) is 4.53. The van der Waals surface area contributed by atoms with Gasteiger partial charge in [0.2, 0.25) is 0 Å². The van der Waals surface area contributed by atoms with Crippen molar-refractivity contribution in [3.05, 3.63) is 41.9 Å². The zero-order valence-electron chi connectivity index (χ0n) is 11.2. The van der Waals surface area contributed by atoms with Gasteiger partial charge in [-0.25, -0.2) is 4.98 Å². The minimum Gasteiger partial charge on any atom is -0.481 e. The van der Waals surface area contributed by atoms with Gasteiger partial charge in [-0.15, -0.1) is 0 Å². The quantitative estimate of drug-likeness (QED) is 0.865. The normalized spacial score (nSPS) is 12.3. The smallest absolute Gasteiger partial charge is 0.314 e. The summed E-state index contributed by atoms with van der Waals surface area (Å²) in [4.78, 5) is 18.4. The maximum absolute atomic E-state index is 11.1. The van der Waals surface area contributed by atoms with Gasteiger partial charge in [-0.05, 0) is 24.0 Å². The Morgan fingerprint density at radius 3 is 2.53 bits per heavy atom. The number of nitrogens with zero attached hydrogens (tertiary/aromatic N) is 1. The van der Waals surface area contributed by atoms with Crippen molar-refractivity contribution in [2.75, 3.05) is 0 Å². The average Bonchev–Trinajstić information content (AvgIpc) is 2.89. The Hall–Kier alpha value is -2.10. The van der Waals surface area contributed by atoms with E-state index >= 15 is 0 Å². The molecule has 0 fully saturated rings. The summed E-state index contributed by atoms with van der Waals surface area (Å²) in [6.45, 7) is 3.96. The molecule has 1 atom stereocenters. The number of imidazole rings is 1. The van der Waals surface area contributed by atoms with Gasteiger partial charge in [-0.3, -0.25) is 4.79 Å². The zero-order chi connectivity index (χ0) is 13.8. The highest BCUT2D eigenvalue weighted by Crippen LogP contribution is 2.22.